The molecule has 1 amide bonds. The number of nitrogens with zero attached hydrogens (tertiary/aromatic N) is 1. The van der Waals surface area contributed by atoms with E-state index in [1.54, 1.807) is 4.31 Å². The van der Waals surface area contributed by atoms with Gasteiger partial charge in [0.2, 0.25) is 5.91 Å². The smallest absolute Gasteiger partial charge is 0.235 e. The van der Waals surface area contributed by atoms with E-state index in [9.17, 15) is 4.79 Å². The number of amides is 1. The van der Waals surface area contributed by atoms with Crippen molar-refractivity contribution in [2.24, 2.45) is 11.3 Å². The molecule has 2 nitrogen and oxygen atoms in total. The maximum atomic E-state index is 11.4. The van der Waals surface area contributed by atoms with E-state index in [-0.39, 0.29) is 17.2 Å². The summed E-state index contributed by atoms with van der Waals surface area (Å²) >= 11 is 4.18. The van der Waals surface area contributed by atoms with E-state index < -0.39 is 0 Å². The van der Waals surface area contributed by atoms with Gasteiger partial charge in [-0.2, -0.15) is 0 Å². The molecule has 0 unspecified atom stereocenters. The largest absolute Gasteiger partial charge is 0.288 e. The van der Waals surface area contributed by atoms with Crippen molar-refractivity contribution in [1.82, 2.24) is 4.31 Å². The average molecular weight is 187 g/mol. The molecule has 0 atom stereocenters. The zero-order valence-corrected chi connectivity index (χ0v) is 8.90. The van der Waals surface area contributed by atoms with Crippen molar-refractivity contribution in [1.29, 1.82) is 0 Å². The Morgan fingerprint density at radius 2 is 2.00 bits per heavy atom. The highest BCUT2D eigenvalue weighted by Crippen LogP contribution is 2.32. The third kappa shape index (κ3) is 3.05. The average Bonchev–Trinajstić information content (AvgIpc) is 2.62. The molecule has 0 N–H and O–H groups in total. The van der Waals surface area contributed by atoms with E-state index in [1.165, 1.54) is 0 Å². The lowest BCUT2D eigenvalue weighted by atomic mass is 9.97. The van der Waals surface area contributed by atoms with Crippen molar-refractivity contribution < 1.29 is 4.79 Å². The van der Waals surface area contributed by atoms with Gasteiger partial charge in [-0.05, 0) is 18.3 Å². The highest BCUT2D eigenvalue weighted by molar-refractivity contribution is 7.78. The summed E-state index contributed by atoms with van der Waals surface area (Å²) in [6, 6.07) is 0. The highest BCUT2D eigenvalue weighted by Gasteiger charge is 2.33. The SMILES string of the molecule is CC(C)(C)CN(S)C(=O)C1CC1. The number of thiol groups is 1. The van der Waals surface area contributed by atoms with E-state index in [4.69, 9.17) is 0 Å². The number of hydrogen-bond donors (Lipinski definition) is 1. The summed E-state index contributed by atoms with van der Waals surface area (Å²) in [5, 5.41) is 0. The summed E-state index contributed by atoms with van der Waals surface area (Å²) in [7, 11) is 0. The van der Waals surface area contributed by atoms with Crippen LogP contribution >= 0.6 is 12.8 Å². The fraction of sp³-hybridized carbons (Fsp3) is 0.889. The third-order valence-corrected chi connectivity index (χ3v) is 2.14. The predicted octanol–water partition coefficient (Wildman–Crippen LogP) is 2.12. The quantitative estimate of drug-likeness (QED) is 0.657. The molecule has 0 saturated heterocycles. The lowest BCUT2D eigenvalue weighted by Crippen LogP contribution is -2.31. The van der Waals surface area contributed by atoms with Gasteiger partial charge in [0, 0.05) is 12.5 Å². The first kappa shape index (κ1) is 9.90. The normalized spacial score (nSPS) is 17.7. The first-order valence-electron chi connectivity index (χ1n) is 4.40. The van der Waals surface area contributed by atoms with Gasteiger partial charge in [-0.25, -0.2) is 0 Å². The van der Waals surface area contributed by atoms with E-state index in [0.29, 0.717) is 0 Å². The number of hydrogen-bond acceptors (Lipinski definition) is 2. The van der Waals surface area contributed by atoms with Crippen molar-refractivity contribution in [3.05, 3.63) is 0 Å². The fourth-order valence-electron chi connectivity index (χ4n) is 1.07. The van der Waals surface area contributed by atoms with Crippen LogP contribution in [0.2, 0.25) is 0 Å². The van der Waals surface area contributed by atoms with Gasteiger partial charge in [0.25, 0.3) is 0 Å². The molecule has 1 rings (SSSR count). The van der Waals surface area contributed by atoms with Gasteiger partial charge >= 0.3 is 0 Å². The fourth-order valence-corrected chi connectivity index (χ4v) is 1.66. The van der Waals surface area contributed by atoms with Crippen LogP contribution in [0.5, 0.6) is 0 Å². The minimum Gasteiger partial charge on any atom is -0.288 e. The van der Waals surface area contributed by atoms with Crippen molar-refractivity contribution >= 4 is 18.7 Å². The minimum atomic E-state index is 0.145. The van der Waals surface area contributed by atoms with Crippen LogP contribution in [0.15, 0.2) is 0 Å². The predicted molar refractivity (Wildman–Crippen MR) is 52.9 cm³/mol. The Morgan fingerprint density at radius 1 is 1.50 bits per heavy atom. The number of carbonyl (C=O) groups is 1. The third-order valence-electron chi connectivity index (χ3n) is 1.81. The van der Waals surface area contributed by atoms with Crippen molar-refractivity contribution in [2.45, 2.75) is 33.6 Å². The summed E-state index contributed by atoms with van der Waals surface area (Å²) < 4.78 is 1.57. The second-order valence-corrected chi connectivity index (χ2v) is 5.21. The monoisotopic (exact) mass is 187 g/mol. The van der Waals surface area contributed by atoms with Gasteiger partial charge in [0.1, 0.15) is 0 Å². The molecule has 1 fully saturated rings. The second-order valence-electron chi connectivity index (χ2n) is 4.73. The maximum Gasteiger partial charge on any atom is 0.235 e. The highest BCUT2D eigenvalue weighted by atomic mass is 32.1. The summed E-state index contributed by atoms with van der Waals surface area (Å²) in [6.07, 6.45) is 2.11. The van der Waals surface area contributed by atoms with Crippen LogP contribution in [0.3, 0.4) is 0 Å². The van der Waals surface area contributed by atoms with Gasteiger partial charge in [-0.15, -0.1) is 0 Å². The second kappa shape index (κ2) is 3.29. The molecular formula is C9H17NOS. The van der Waals surface area contributed by atoms with E-state index >= 15 is 0 Å². The summed E-state index contributed by atoms with van der Waals surface area (Å²) in [4.78, 5) is 11.4. The molecule has 0 heterocycles. The van der Waals surface area contributed by atoms with Gasteiger partial charge in [-0.1, -0.05) is 33.6 Å². The topological polar surface area (TPSA) is 20.3 Å². The van der Waals surface area contributed by atoms with Gasteiger partial charge in [0.15, 0.2) is 0 Å². The molecule has 0 aromatic carbocycles. The van der Waals surface area contributed by atoms with Crippen LogP contribution in [0.25, 0.3) is 0 Å². The summed E-state index contributed by atoms with van der Waals surface area (Å²) in [5.74, 6) is 0.484. The molecule has 3 heteroatoms. The van der Waals surface area contributed by atoms with Crippen LogP contribution in [0.1, 0.15) is 33.6 Å². The van der Waals surface area contributed by atoms with Gasteiger partial charge in [-0.3, -0.25) is 9.10 Å². The molecular weight excluding hydrogens is 170 g/mol. The molecule has 70 valence electrons. The molecule has 0 spiro atoms. The molecule has 1 aliphatic carbocycles. The first-order chi connectivity index (χ1) is 5.40. The molecule has 0 radical (unpaired) electrons. The van der Waals surface area contributed by atoms with Crippen LogP contribution in [-0.4, -0.2) is 16.8 Å². The Labute approximate surface area is 79.9 Å². The van der Waals surface area contributed by atoms with Crippen LogP contribution in [0.4, 0.5) is 0 Å². The lowest BCUT2D eigenvalue weighted by molar-refractivity contribution is -0.128. The first-order valence-corrected chi connectivity index (χ1v) is 4.80. The molecule has 1 saturated carbocycles. The van der Waals surface area contributed by atoms with E-state index in [2.05, 4.69) is 33.6 Å². The number of rotatable bonds is 2. The van der Waals surface area contributed by atoms with E-state index in [0.717, 1.165) is 19.4 Å². The molecule has 0 aromatic rings. The summed E-state index contributed by atoms with van der Waals surface area (Å²) in [6.45, 7) is 7.05. The molecule has 0 aromatic heterocycles. The number of carbonyl (C=O) groups excluding carboxylic acids is 1. The zero-order chi connectivity index (χ0) is 9.35. The van der Waals surface area contributed by atoms with Crippen LogP contribution < -0.4 is 0 Å². The maximum absolute atomic E-state index is 11.4. The Bertz CT molecular complexity index is 181. The molecule has 12 heavy (non-hydrogen) atoms. The zero-order valence-electron chi connectivity index (χ0n) is 8.00. The Morgan fingerprint density at radius 3 is 2.33 bits per heavy atom. The molecule has 1 aliphatic rings. The van der Waals surface area contributed by atoms with Gasteiger partial charge in [0.05, 0.1) is 0 Å². The summed E-state index contributed by atoms with van der Waals surface area (Å²) in [5.41, 5.74) is 0.145. The van der Waals surface area contributed by atoms with Gasteiger partial charge < -0.3 is 0 Å². The lowest BCUT2D eigenvalue weighted by Gasteiger charge is -2.25. The van der Waals surface area contributed by atoms with E-state index in [1.807, 2.05) is 0 Å². The van der Waals surface area contributed by atoms with Crippen LogP contribution in [0, 0.1) is 11.3 Å². The van der Waals surface area contributed by atoms with Crippen molar-refractivity contribution in [2.75, 3.05) is 6.54 Å². The molecule has 0 aliphatic heterocycles. The Kier molecular flexibility index (Phi) is 2.71. The van der Waals surface area contributed by atoms with Crippen LogP contribution in [-0.2, 0) is 4.79 Å². The minimum absolute atomic E-state index is 0.145. The van der Waals surface area contributed by atoms with Crippen molar-refractivity contribution in [3.63, 3.8) is 0 Å². The molecule has 0 bridgehead atoms. The Balaban J connectivity index is 2.36. The standard InChI is InChI=1S/C9H17NOS/c1-9(2,3)6-10(12)8(11)7-4-5-7/h7,12H,4-6H2,1-3H3. The van der Waals surface area contributed by atoms with Crippen molar-refractivity contribution in [3.8, 4) is 0 Å². The Hall–Kier alpha value is -0.180.